The van der Waals surface area contributed by atoms with Gasteiger partial charge in [-0.05, 0) is 61.9 Å². The number of nitrogens with zero attached hydrogens (tertiary/aromatic N) is 1. The summed E-state index contributed by atoms with van der Waals surface area (Å²) in [5.41, 5.74) is 2.31. The van der Waals surface area contributed by atoms with Gasteiger partial charge in [0.25, 0.3) is 15.9 Å². The van der Waals surface area contributed by atoms with E-state index in [1.165, 1.54) is 10.4 Å². The number of hydrogen-bond donors (Lipinski definition) is 1. The molecule has 0 aromatic heterocycles. The highest BCUT2D eigenvalue weighted by atomic mass is 35.5. The monoisotopic (exact) mass is 500 g/mol. The maximum Gasteiger partial charge on any atom is 0.264 e. The number of benzene rings is 3. The summed E-state index contributed by atoms with van der Waals surface area (Å²) in [4.78, 5) is 13.0. The van der Waals surface area contributed by atoms with Gasteiger partial charge in [-0.25, -0.2) is 8.42 Å². The van der Waals surface area contributed by atoms with Crippen LogP contribution in [0.3, 0.4) is 0 Å². The van der Waals surface area contributed by atoms with Crippen molar-refractivity contribution in [3.63, 3.8) is 0 Å². The average molecular weight is 501 g/mol. The summed E-state index contributed by atoms with van der Waals surface area (Å²) >= 11 is 6.13. The molecule has 0 fully saturated rings. The normalized spacial score (nSPS) is 15.3. The first-order chi connectivity index (χ1) is 16.2. The van der Waals surface area contributed by atoms with Gasteiger partial charge in [0.05, 0.1) is 23.7 Å². The molecule has 1 aliphatic rings. The van der Waals surface area contributed by atoms with Crippen LogP contribution in [0.5, 0.6) is 11.5 Å². The number of sulfonamides is 1. The van der Waals surface area contributed by atoms with Gasteiger partial charge in [0, 0.05) is 5.02 Å². The highest BCUT2D eigenvalue weighted by Gasteiger charge is 2.37. The second-order valence-electron chi connectivity index (χ2n) is 8.02. The minimum atomic E-state index is -3.95. The average Bonchev–Trinajstić information content (AvgIpc) is 2.81. The van der Waals surface area contributed by atoms with Crippen LogP contribution in [0.1, 0.15) is 11.1 Å². The van der Waals surface area contributed by atoms with E-state index >= 15 is 0 Å². The Labute approximate surface area is 204 Å². The van der Waals surface area contributed by atoms with E-state index in [9.17, 15) is 13.2 Å². The summed E-state index contributed by atoms with van der Waals surface area (Å²) in [5, 5.41) is 3.13. The first kappa shape index (κ1) is 23.9. The van der Waals surface area contributed by atoms with Crippen LogP contribution < -0.4 is 19.1 Å². The lowest BCUT2D eigenvalue weighted by molar-refractivity contribution is -0.127. The molecule has 1 amide bonds. The van der Waals surface area contributed by atoms with E-state index < -0.39 is 22.0 Å². The fraction of sp³-hybridized carbons (Fsp3) is 0.240. The maximum atomic E-state index is 13.5. The number of carbonyl (C=O) groups is 1. The standard InChI is InChI=1S/C25H25ClN2O5S/c1-17-6-9-21(10-7-17)34(30,31)28-16-24(33-23-11-8-19(26)15-22(23)28)25(29)27-12-13-32-20-5-3-4-18(2)14-20/h3-11,14-15,24H,12-13,16H2,1-2H3,(H,27,29)/t24-/m0/s1. The number of rotatable bonds is 7. The fourth-order valence-corrected chi connectivity index (χ4v) is 5.22. The molecule has 1 N–H and O–H groups in total. The molecule has 0 unspecified atom stereocenters. The van der Waals surface area contributed by atoms with Crippen molar-refractivity contribution in [3.8, 4) is 11.5 Å². The minimum Gasteiger partial charge on any atom is -0.492 e. The van der Waals surface area contributed by atoms with Gasteiger partial charge in [0.15, 0.2) is 6.10 Å². The van der Waals surface area contributed by atoms with Gasteiger partial charge in [-0.3, -0.25) is 9.10 Å². The Hall–Kier alpha value is -3.23. The molecule has 1 atom stereocenters. The number of fused-ring (bicyclic) bond motifs is 1. The molecule has 1 heterocycles. The third kappa shape index (κ3) is 5.29. The van der Waals surface area contributed by atoms with Crippen molar-refractivity contribution in [2.75, 3.05) is 24.0 Å². The van der Waals surface area contributed by atoms with Crippen LogP contribution >= 0.6 is 11.6 Å². The number of anilines is 1. The number of hydrogen-bond acceptors (Lipinski definition) is 5. The molecule has 1 aliphatic heterocycles. The van der Waals surface area contributed by atoms with Crippen molar-refractivity contribution < 1.29 is 22.7 Å². The zero-order chi connectivity index (χ0) is 24.3. The number of aryl methyl sites for hydroxylation is 2. The molecule has 0 aliphatic carbocycles. The summed E-state index contributed by atoms with van der Waals surface area (Å²) in [6.45, 7) is 4.16. The molecular formula is C25H25ClN2O5S. The van der Waals surface area contributed by atoms with E-state index in [2.05, 4.69) is 5.32 Å². The van der Waals surface area contributed by atoms with E-state index in [-0.39, 0.29) is 30.3 Å². The Bertz CT molecular complexity index is 1290. The van der Waals surface area contributed by atoms with Crippen LogP contribution in [0.25, 0.3) is 0 Å². The smallest absolute Gasteiger partial charge is 0.264 e. The van der Waals surface area contributed by atoms with E-state index in [4.69, 9.17) is 21.1 Å². The summed E-state index contributed by atoms with van der Waals surface area (Å²) in [6.07, 6.45) is -1.03. The molecule has 0 saturated carbocycles. The van der Waals surface area contributed by atoms with Crippen LogP contribution in [-0.2, 0) is 14.8 Å². The first-order valence-corrected chi connectivity index (χ1v) is 12.6. The highest BCUT2D eigenvalue weighted by molar-refractivity contribution is 7.92. The Morgan fingerprint density at radius 1 is 1.09 bits per heavy atom. The molecule has 9 heteroatoms. The Morgan fingerprint density at radius 3 is 2.59 bits per heavy atom. The van der Waals surface area contributed by atoms with Crippen LogP contribution in [-0.4, -0.2) is 40.1 Å². The Morgan fingerprint density at radius 2 is 1.85 bits per heavy atom. The lowest BCUT2D eigenvalue weighted by Crippen LogP contribution is -2.51. The number of nitrogens with one attached hydrogen (secondary N) is 1. The molecule has 178 valence electrons. The van der Waals surface area contributed by atoms with E-state index in [1.54, 1.807) is 36.4 Å². The van der Waals surface area contributed by atoms with Crippen molar-refractivity contribution in [2.24, 2.45) is 0 Å². The largest absolute Gasteiger partial charge is 0.492 e. The summed E-state index contributed by atoms with van der Waals surface area (Å²) in [6, 6.07) is 18.8. The summed E-state index contributed by atoms with van der Waals surface area (Å²) in [5.74, 6) is 0.546. The lowest BCUT2D eigenvalue weighted by Gasteiger charge is -2.34. The van der Waals surface area contributed by atoms with Gasteiger partial charge in [-0.1, -0.05) is 41.4 Å². The van der Waals surface area contributed by atoms with Gasteiger partial charge < -0.3 is 14.8 Å². The van der Waals surface area contributed by atoms with Crippen LogP contribution in [0.2, 0.25) is 5.02 Å². The molecule has 7 nitrogen and oxygen atoms in total. The van der Waals surface area contributed by atoms with Crippen molar-refractivity contribution in [1.29, 1.82) is 0 Å². The predicted molar refractivity (Wildman–Crippen MR) is 131 cm³/mol. The molecule has 3 aromatic carbocycles. The van der Waals surface area contributed by atoms with Gasteiger partial charge in [-0.15, -0.1) is 0 Å². The molecule has 0 saturated heterocycles. The number of ether oxygens (including phenoxy) is 2. The van der Waals surface area contributed by atoms with Gasteiger partial charge in [0.2, 0.25) is 0 Å². The third-order valence-corrected chi connectivity index (χ3v) is 7.38. The first-order valence-electron chi connectivity index (χ1n) is 10.8. The summed E-state index contributed by atoms with van der Waals surface area (Å²) < 4.78 is 39.6. The van der Waals surface area contributed by atoms with Crippen molar-refractivity contribution in [3.05, 3.63) is 82.9 Å². The Kier molecular flexibility index (Phi) is 7.00. The van der Waals surface area contributed by atoms with Crippen molar-refractivity contribution >= 4 is 33.2 Å². The molecule has 0 spiro atoms. The Balaban J connectivity index is 1.49. The fourth-order valence-electron chi connectivity index (χ4n) is 3.59. The van der Waals surface area contributed by atoms with Gasteiger partial charge in [-0.2, -0.15) is 0 Å². The zero-order valence-corrected chi connectivity index (χ0v) is 20.4. The topological polar surface area (TPSA) is 84.9 Å². The van der Waals surface area contributed by atoms with E-state index in [0.29, 0.717) is 16.5 Å². The second-order valence-corrected chi connectivity index (χ2v) is 10.3. The number of amides is 1. The maximum absolute atomic E-state index is 13.5. The molecule has 3 aromatic rings. The van der Waals surface area contributed by atoms with Gasteiger partial charge >= 0.3 is 0 Å². The van der Waals surface area contributed by atoms with Crippen molar-refractivity contribution in [1.82, 2.24) is 5.32 Å². The van der Waals surface area contributed by atoms with Crippen LogP contribution in [0.4, 0.5) is 5.69 Å². The SMILES string of the molecule is Cc1ccc(S(=O)(=O)N2C[C@@H](C(=O)NCCOc3cccc(C)c3)Oc3ccc(Cl)cc32)cc1. The van der Waals surface area contributed by atoms with Gasteiger partial charge in [0.1, 0.15) is 18.1 Å². The molecule has 4 rings (SSSR count). The van der Waals surface area contributed by atoms with Crippen molar-refractivity contribution in [2.45, 2.75) is 24.8 Å². The quantitative estimate of drug-likeness (QED) is 0.493. The molecule has 0 bridgehead atoms. The van der Waals surface area contributed by atoms with E-state index in [1.807, 2.05) is 38.1 Å². The highest BCUT2D eigenvalue weighted by Crippen LogP contribution is 2.38. The zero-order valence-electron chi connectivity index (χ0n) is 18.8. The number of carbonyl (C=O) groups excluding carboxylic acids is 1. The molecular weight excluding hydrogens is 476 g/mol. The lowest BCUT2D eigenvalue weighted by atomic mass is 10.2. The van der Waals surface area contributed by atoms with Crippen LogP contribution in [0, 0.1) is 13.8 Å². The second kappa shape index (κ2) is 9.95. The van der Waals surface area contributed by atoms with E-state index in [0.717, 1.165) is 11.1 Å². The third-order valence-electron chi connectivity index (χ3n) is 5.35. The molecule has 34 heavy (non-hydrogen) atoms. The predicted octanol–water partition coefficient (Wildman–Crippen LogP) is 4.11. The minimum absolute atomic E-state index is 0.122. The van der Waals surface area contributed by atoms with Crippen LogP contribution in [0.15, 0.2) is 71.6 Å². The summed E-state index contributed by atoms with van der Waals surface area (Å²) in [7, 11) is -3.95. The number of halogens is 1. The molecule has 0 radical (unpaired) electrons.